The molecule has 38 heavy (non-hydrogen) atoms. The molecular weight excluding hydrogens is 513 g/mol. The van der Waals surface area contributed by atoms with Crippen molar-refractivity contribution in [2.24, 2.45) is 5.92 Å². The van der Waals surface area contributed by atoms with Gasteiger partial charge in [0.2, 0.25) is 0 Å². The Hall–Kier alpha value is -3.23. The minimum Gasteiger partial charge on any atom is -0.429 e. The van der Waals surface area contributed by atoms with Crippen LogP contribution < -0.4 is 9.47 Å². The van der Waals surface area contributed by atoms with Crippen LogP contribution in [0, 0.1) is 23.4 Å². The van der Waals surface area contributed by atoms with E-state index in [2.05, 4.69) is 11.7 Å². The maximum absolute atomic E-state index is 15.2. The topological polar surface area (TPSA) is 18.5 Å². The summed E-state index contributed by atoms with van der Waals surface area (Å²) in [6.45, 7) is -1.32. The monoisotopic (exact) mass is 540 g/mol. The molecular formula is C29H27F7O2. The Balaban J connectivity index is 1.56. The normalized spacial score (nSPS) is 18.0. The summed E-state index contributed by atoms with van der Waals surface area (Å²) in [5.41, 5.74) is -0.736. The summed E-state index contributed by atoms with van der Waals surface area (Å²) in [5, 5.41) is 0. The standard InChI is InChI=1S/C29H27F7O2/c1-2-5-17-8-10-18(11-9-17)19-12-13-22(23(30)14-19)29(35,36)38-26-7-4-3-6-21(26)20-15-24(31)27(25(32)16-20)37-28(33)34/h3-4,6-7,12-18,28H,2,5,8-11H2,1H3/t17-,18-. The average Bonchev–Trinajstić information content (AvgIpc) is 2.86. The fourth-order valence-electron chi connectivity index (χ4n) is 5.12. The largest absolute Gasteiger partial charge is 0.429 e. The Morgan fingerprint density at radius 2 is 1.53 bits per heavy atom. The van der Waals surface area contributed by atoms with E-state index in [0.29, 0.717) is 23.6 Å². The molecule has 1 aliphatic rings. The molecule has 0 amide bonds. The number of ether oxygens (including phenoxy) is 2. The van der Waals surface area contributed by atoms with Crippen LogP contribution in [-0.2, 0) is 6.11 Å². The highest BCUT2D eigenvalue weighted by molar-refractivity contribution is 5.71. The quantitative estimate of drug-likeness (QED) is 0.252. The SMILES string of the molecule is CCC[C@H]1CC[C@H](c2ccc(C(F)(F)Oc3ccccc3-c3cc(F)c(OC(F)F)c(F)c3)c(F)c2)CC1. The van der Waals surface area contributed by atoms with Crippen molar-refractivity contribution in [3.05, 3.63) is 83.2 Å². The molecule has 0 saturated heterocycles. The lowest BCUT2D eigenvalue weighted by Gasteiger charge is -2.29. The van der Waals surface area contributed by atoms with Crippen molar-refractivity contribution >= 4 is 0 Å². The molecule has 0 N–H and O–H groups in total. The van der Waals surface area contributed by atoms with Crippen molar-refractivity contribution in [1.29, 1.82) is 0 Å². The summed E-state index contributed by atoms with van der Waals surface area (Å²) in [5.74, 6) is -5.06. The highest BCUT2D eigenvalue weighted by Crippen LogP contribution is 2.42. The van der Waals surface area contributed by atoms with Crippen LogP contribution in [0.4, 0.5) is 30.7 Å². The molecule has 0 atom stereocenters. The van der Waals surface area contributed by atoms with Gasteiger partial charge >= 0.3 is 12.7 Å². The summed E-state index contributed by atoms with van der Waals surface area (Å²) in [7, 11) is 0. The average molecular weight is 541 g/mol. The van der Waals surface area contributed by atoms with E-state index in [9.17, 15) is 22.0 Å². The smallest absolute Gasteiger partial charge is 0.429 e. The van der Waals surface area contributed by atoms with Crippen LogP contribution in [0.1, 0.15) is 62.5 Å². The molecule has 3 aromatic rings. The zero-order valence-corrected chi connectivity index (χ0v) is 20.6. The molecule has 0 aliphatic heterocycles. The third-order valence-electron chi connectivity index (χ3n) is 6.96. The second-order valence-corrected chi connectivity index (χ2v) is 9.51. The van der Waals surface area contributed by atoms with Gasteiger partial charge in [-0.15, -0.1) is 0 Å². The Morgan fingerprint density at radius 3 is 2.13 bits per heavy atom. The molecule has 0 radical (unpaired) electrons. The maximum Gasteiger partial charge on any atom is 0.429 e. The fraction of sp³-hybridized carbons (Fsp3) is 0.379. The second kappa shape index (κ2) is 11.7. The van der Waals surface area contributed by atoms with Crippen molar-refractivity contribution in [2.75, 3.05) is 0 Å². The Kier molecular flexibility index (Phi) is 8.53. The molecule has 2 nitrogen and oxygen atoms in total. The summed E-state index contributed by atoms with van der Waals surface area (Å²) >= 11 is 0. The molecule has 3 aromatic carbocycles. The molecule has 1 aliphatic carbocycles. The van der Waals surface area contributed by atoms with Crippen molar-refractivity contribution in [1.82, 2.24) is 0 Å². The molecule has 1 fully saturated rings. The van der Waals surface area contributed by atoms with Crippen molar-refractivity contribution in [3.63, 3.8) is 0 Å². The van der Waals surface area contributed by atoms with Gasteiger partial charge in [-0.05, 0) is 79.0 Å². The molecule has 0 aromatic heterocycles. The van der Waals surface area contributed by atoms with Crippen LogP contribution >= 0.6 is 0 Å². The van der Waals surface area contributed by atoms with Crippen LogP contribution in [0.25, 0.3) is 11.1 Å². The number of halogens is 7. The van der Waals surface area contributed by atoms with Gasteiger partial charge in [0.15, 0.2) is 17.4 Å². The van der Waals surface area contributed by atoms with Crippen LogP contribution in [0.5, 0.6) is 11.5 Å². The lowest BCUT2D eigenvalue weighted by molar-refractivity contribution is -0.187. The van der Waals surface area contributed by atoms with E-state index in [4.69, 9.17) is 4.74 Å². The van der Waals surface area contributed by atoms with Gasteiger partial charge in [-0.2, -0.15) is 17.6 Å². The van der Waals surface area contributed by atoms with Crippen LogP contribution in [-0.4, -0.2) is 6.61 Å². The molecule has 0 heterocycles. The van der Waals surface area contributed by atoms with Gasteiger partial charge in [0.25, 0.3) is 0 Å². The molecule has 4 rings (SSSR count). The summed E-state index contributed by atoms with van der Waals surface area (Å²) < 4.78 is 107. The van der Waals surface area contributed by atoms with Gasteiger partial charge in [-0.1, -0.05) is 44.0 Å². The number of rotatable bonds is 9. The van der Waals surface area contributed by atoms with Gasteiger partial charge in [-0.25, -0.2) is 13.2 Å². The van der Waals surface area contributed by atoms with E-state index in [1.165, 1.54) is 24.3 Å². The Labute approximate surface area is 216 Å². The number of benzene rings is 3. The van der Waals surface area contributed by atoms with E-state index in [1.54, 1.807) is 0 Å². The fourth-order valence-corrected chi connectivity index (χ4v) is 5.12. The van der Waals surface area contributed by atoms with Gasteiger partial charge in [0, 0.05) is 5.56 Å². The van der Waals surface area contributed by atoms with Crippen LogP contribution in [0.2, 0.25) is 0 Å². The summed E-state index contributed by atoms with van der Waals surface area (Å²) in [4.78, 5) is 0. The third-order valence-corrected chi connectivity index (χ3v) is 6.96. The van der Waals surface area contributed by atoms with Gasteiger partial charge in [0.05, 0.1) is 5.56 Å². The van der Waals surface area contributed by atoms with Crippen LogP contribution in [0.3, 0.4) is 0 Å². The zero-order chi connectivity index (χ0) is 27.4. The second-order valence-electron chi connectivity index (χ2n) is 9.51. The molecule has 0 spiro atoms. The van der Waals surface area contributed by atoms with E-state index >= 15 is 8.78 Å². The first-order chi connectivity index (χ1) is 18.1. The molecule has 1 saturated carbocycles. The van der Waals surface area contributed by atoms with Gasteiger partial charge in [0.1, 0.15) is 11.6 Å². The van der Waals surface area contributed by atoms with Crippen molar-refractivity contribution < 1.29 is 40.2 Å². The van der Waals surface area contributed by atoms with E-state index in [1.807, 2.05) is 0 Å². The molecule has 0 unspecified atom stereocenters. The minimum absolute atomic E-state index is 0.101. The number of hydrogen-bond donors (Lipinski definition) is 0. The van der Waals surface area contributed by atoms with E-state index < -0.39 is 47.2 Å². The highest BCUT2D eigenvalue weighted by atomic mass is 19.3. The predicted molar refractivity (Wildman–Crippen MR) is 129 cm³/mol. The first kappa shape index (κ1) is 27.8. The van der Waals surface area contributed by atoms with Crippen molar-refractivity contribution in [3.8, 4) is 22.6 Å². The van der Waals surface area contributed by atoms with E-state index in [-0.39, 0.29) is 17.0 Å². The number of hydrogen-bond acceptors (Lipinski definition) is 2. The van der Waals surface area contributed by atoms with Gasteiger partial charge < -0.3 is 9.47 Å². The third kappa shape index (κ3) is 6.25. The number of para-hydroxylation sites is 1. The summed E-state index contributed by atoms with van der Waals surface area (Å²) in [6.07, 6.45) is 1.93. The van der Waals surface area contributed by atoms with Gasteiger partial charge in [-0.3, -0.25) is 0 Å². The van der Waals surface area contributed by atoms with Crippen molar-refractivity contribution in [2.45, 2.75) is 64.1 Å². The van der Waals surface area contributed by atoms with E-state index in [0.717, 1.165) is 56.7 Å². The lowest BCUT2D eigenvalue weighted by Crippen LogP contribution is -2.24. The Morgan fingerprint density at radius 1 is 0.868 bits per heavy atom. The summed E-state index contributed by atoms with van der Waals surface area (Å²) in [6, 6.07) is 10.1. The predicted octanol–water partition coefficient (Wildman–Crippen LogP) is 9.57. The maximum atomic E-state index is 15.2. The molecule has 9 heteroatoms. The number of alkyl halides is 4. The minimum atomic E-state index is -4.12. The first-order valence-electron chi connectivity index (χ1n) is 12.5. The highest BCUT2D eigenvalue weighted by Gasteiger charge is 2.39. The first-order valence-corrected chi connectivity index (χ1v) is 12.5. The Bertz CT molecular complexity index is 1230. The molecule has 204 valence electrons. The lowest BCUT2D eigenvalue weighted by atomic mass is 9.77. The zero-order valence-electron chi connectivity index (χ0n) is 20.6. The van der Waals surface area contributed by atoms with Crippen LogP contribution in [0.15, 0.2) is 54.6 Å². The molecule has 0 bridgehead atoms.